The van der Waals surface area contributed by atoms with Crippen LogP contribution in [-0.4, -0.2) is 26.1 Å². The van der Waals surface area contributed by atoms with E-state index in [0.717, 1.165) is 18.4 Å². The maximum absolute atomic E-state index is 12.3. The Bertz CT molecular complexity index is 798. The van der Waals surface area contributed by atoms with Gasteiger partial charge in [0.25, 0.3) is 0 Å². The third-order valence-electron chi connectivity index (χ3n) is 2.78. The normalized spacial score (nSPS) is 12.2. The first-order valence-corrected chi connectivity index (χ1v) is 7.85. The van der Waals surface area contributed by atoms with Crippen LogP contribution in [0.25, 0.3) is 11.1 Å². The van der Waals surface area contributed by atoms with Crippen molar-refractivity contribution in [3.8, 4) is 22.6 Å². The SMILES string of the molecule is CS(=O)(=O)c1cccc(-c2ccc(O)c(OC(F)(F)F)c2)c1. The summed E-state index contributed by atoms with van der Waals surface area (Å²) >= 11 is 0. The van der Waals surface area contributed by atoms with E-state index in [0.29, 0.717) is 5.56 Å². The van der Waals surface area contributed by atoms with Crippen LogP contribution in [0.15, 0.2) is 47.4 Å². The van der Waals surface area contributed by atoms with E-state index in [1.165, 1.54) is 24.3 Å². The monoisotopic (exact) mass is 332 g/mol. The van der Waals surface area contributed by atoms with E-state index < -0.39 is 27.7 Å². The van der Waals surface area contributed by atoms with Crippen LogP contribution in [0.1, 0.15) is 0 Å². The number of ether oxygens (including phenoxy) is 1. The predicted octanol–water partition coefficient (Wildman–Crippen LogP) is 3.36. The summed E-state index contributed by atoms with van der Waals surface area (Å²) in [6.07, 6.45) is -3.91. The van der Waals surface area contributed by atoms with E-state index in [2.05, 4.69) is 4.74 Å². The number of aromatic hydroxyl groups is 1. The van der Waals surface area contributed by atoms with Gasteiger partial charge in [0.2, 0.25) is 0 Å². The molecule has 0 saturated heterocycles. The lowest BCUT2D eigenvalue weighted by Gasteiger charge is -2.12. The third kappa shape index (κ3) is 3.91. The maximum atomic E-state index is 12.3. The number of alkyl halides is 3. The number of rotatable bonds is 3. The first kappa shape index (κ1) is 16.2. The zero-order valence-corrected chi connectivity index (χ0v) is 12.1. The minimum Gasteiger partial charge on any atom is -0.504 e. The van der Waals surface area contributed by atoms with Gasteiger partial charge in [-0.25, -0.2) is 8.42 Å². The Kier molecular flexibility index (Phi) is 4.06. The molecule has 0 aromatic heterocycles. The molecule has 22 heavy (non-hydrogen) atoms. The molecule has 0 aliphatic rings. The Morgan fingerprint density at radius 2 is 1.68 bits per heavy atom. The highest BCUT2D eigenvalue weighted by Crippen LogP contribution is 2.35. The second-order valence-electron chi connectivity index (χ2n) is 4.53. The molecule has 0 saturated carbocycles. The third-order valence-corrected chi connectivity index (χ3v) is 3.89. The first-order valence-electron chi connectivity index (χ1n) is 5.95. The van der Waals surface area contributed by atoms with Gasteiger partial charge < -0.3 is 9.84 Å². The van der Waals surface area contributed by atoms with Crippen LogP contribution in [0.3, 0.4) is 0 Å². The second-order valence-corrected chi connectivity index (χ2v) is 6.55. The first-order chi connectivity index (χ1) is 10.1. The van der Waals surface area contributed by atoms with E-state index >= 15 is 0 Å². The highest BCUT2D eigenvalue weighted by molar-refractivity contribution is 7.90. The summed E-state index contributed by atoms with van der Waals surface area (Å²) in [6, 6.07) is 9.13. The number of hydrogen-bond donors (Lipinski definition) is 1. The lowest BCUT2D eigenvalue weighted by Crippen LogP contribution is -2.17. The van der Waals surface area contributed by atoms with Gasteiger partial charge in [0.15, 0.2) is 21.3 Å². The Balaban J connectivity index is 2.48. The van der Waals surface area contributed by atoms with Crippen molar-refractivity contribution in [3.05, 3.63) is 42.5 Å². The summed E-state index contributed by atoms with van der Waals surface area (Å²) in [5, 5.41) is 9.41. The molecule has 1 N–H and O–H groups in total. The number of sulfone groups is 1. The van der Waals surface area contributed by atoms with Crippen LogP contribution in [0.2, 0.25) is 0 Å². The molecule has 118 valence electrons. The fraction of sp³-hybridized carbons (Fsp3) is 0.143. The Labute approximate surface area is 124 Å². The Morgan fingerprint density at radius 3 is 2.27 bits per heavy atom. The molecule has 0 atom stereocenters. The summed E-state index contributed by atoms with van der Waals surface area (Å²) < 4.78 is 63.5. The van der Waals surface area contributed by atoms with Crippen molar-refractivity contribution in [2.45, 2.75) is 11.3 Å². The lowest BCUT2D eigenvalue weighted by atomic mass is 10.1. The smallest absolute Gasteiger partial charge is 0.504 e. The van der Waals surface area contributed by atoms with Crippen LogP contribution in [0.4, 0.5) is 13.2 Å². The van der Waals surface area contributed by atoms with Crippen molar-refractivity contribution in [1.82, 2.24) is 0 Å². The van der Waals surface area contributed by atoms with Gasteiger partial charge in [-0.2, -0.15) is 0 Å². The van der Waals surface area contributed by atoms with E-state index in [-0.39, 0.29) is 10.5 Å². The predicted molar refractivity (Wildman–Crippen MR) is 73.3 cm³/mol. The van der Waals surface area contributed by atoms with Crippen molar-refractivity contribution in [3.63, 3.8) is 0 Å². The maximum Gasteiger partial charge on any atom is 0.573 e. The molecule has 0 unspecified atom stereocenters. The number of benzene rings is 2. The van der Waals surface area contributed by atoms with Gasteiger partial charge in [0.05, 0.1) is 4.90 Å². The van der Waals surface area contributed by atoms with Gasteiger partial charge in [0, 0.05) is 6.26 Å². The van der Waals surface area contributed by atoms with Crippen LogP contribution < -0.4 is 4.74 Å². The standard InChI is InChI=1S/C14H11F3O4S/c1-22(19,20)11-4-2-3-9(7-11)10-5-6-12(18)13(8-10)21-14(15,16)17/h2-8,18H,1H3. The van der Waals surface area contributed by atoms with Crippen LogP contribution >= 0.6 is 0 Å². The molecule has 0 fully saturated rings. The van der Waals surface area contributed by atoms with Crippen LogP contribution in [0.5, 0.6) is 11.5 Å². The largest absolute Gasteiger partial charge is 0.573 e. The van der Waals surface area contributed by atoms with Gasteiger partial charge >= 0.3 is 6.36 Å². The minimum atomic E-state index is -4.94. The molecule has 2 rings (SSSR count). The van der Waals surface area contributed by atoms with Crippen molar-refractivity contribution >= 4 is 9.84 Å². The number of halogens is 3. The molecule has 0 radical (unpaired) electrons. The summed E-state index contributed by atoms with van der Waals surface area (Å²) in [6.45, 7) is 0. The van der Waals surface area contributed by atoms with Crippen molar-refractivity contribution in [2.24, 2.45) is 0 Å². The van der Waals surface area contributed by atoms with Crippen LogP contribution in [0, 0.1) is 0 Å². The fourth-order valence-corrected chi connectivity index (χ4v) is 2.47. The van der Waals surface area contributed by atoms with Gasteiger partial charge in [0.1, 0.15) is 0 Å². The summed E-state index contributed by atoms with van der Waals surface area (Å²) in [4.78, 5) is 0.0383. The Morgan fingerprint density at radius 1 is 1.05 bits per heavy atom. The highest BCUT2D eigenvalue weighted by atomic mass is 32.2. The van der Waals surface area contributed by atoms with Crippen molar-refractivity contribution in [1.29, 1.82) is 0 Å². The number of phenols is 1. The summed E-state index contributed by atoms with van der Waals surface area (Å²) in [5.41, 5.74) is 0.664. The minimum absolute atomic E-state index is 0.0383. The second kappa shape index (κ2) is 5.53. The molecule has 0 aliphatic heterocycles. The quantitative estimate of drug-likeness (QED) is 0.936. The van der Waals surface area contributed by atoms with Crippen LogP contribution in [-0.2, 0) is 9.84 Å². The Hall–Kier alpha value is -2.22. The van der Waals surface area contributed by atoms with Crippen molar-refractivity contribution < 1.29 is 31.4 Å². The molecular formula is C14H11F3O4S. The molecular weight excluding hydrogens is 321 g/mol. The molecule has 4 nitrogen and oxygen atoms in total. The van der Waals surface area contributed by atoms with E-state index in [1.54, 1.807) is 6.07 Å². The lowest BCUT2D eigenvalue weighted by molar-refractivity contribution is -0.275. The summed E-state index contributed by atoms with van der Waals surface area (Å²) in [5.74, 6) is -1.42. The van der Waals surface area contributed by atoms with Gasteiger partial charge in [-0.1, -0.05) is 18.2 Å². The number of phenolic OH excluding ortho intramolecular Hbond substituents is 1. The van der Waals surface area contributed by atoms with E-state index in [9.17, 15) is 26.7 Å². The fourth-order valence-electron chi connectivity index (χ4n) is 1.81. The molecule has 0 bridgehead atoms. The van der Waals surface area contributed by atoms with Gasteiger partial charge in [-0.05, 0) is 35.4 Å². The molecule has 0 spiro atoms. The zero-order valence-electron chi connectivity index (χ0n) is 11.3. The van der Waals surface area contributed by atoms with Crippen molar-refractivity contribution in [2.75, 3.05) is 6.26 Å². The molecule has 0 amide bonds. The van der Waals surface area contributed by atoms with E-state index in [1.807, 2.05) is 0 Å². The number of hydrogen-bond acceptors (Lipinski definition) is 4. The summed E-state index contributed by atoms with van der Waals surface area (Å²) in [7, 11) is -3.44. The average Bonchev–Trinajstić information content (AvgIpc) is 2.39. The highest BCUT2D eigenvalue weighted by Gasteiger charge is 2.32. The topological polar surface area (TPSA) is 63.6 Å². The average molecular weight is 332 g/mol. The van der Waals surface area contributed by atoms with E-state index in [4.69, 9.17) is 0 Å². The molecule has 2 aromatic rings. The molecule has 0 heterocycles. The molecule has 0 aliphatic carbocycles. The zero-order chi connectivity index (χ0) is 16.5. The van der Waals surface area contributed by atoms with Gasteiger partial charge in [-0.15, -0.1) is 13.2 Å². The molecule has 2 aromatic carbocycles. The molecule has 8 heteroatoms. The van der Waals surface area contributed by atoms with Gasteiger partial charge in [-0.3, -0.25) is 0 Å².